The second-order valence-electron chi connectivity index (χ2n) is 5.56. The van der Waals surface area contributed by atoms with Crippen LogP contribution in [0.2, 0.25) is 0 Å². The molecule has 3 rings (SSSR count). The summed E-state index contributed by atoms with van der Waals surface area (Å²) in [7, 11) is 1.26. The van der Waals surface area contributed by atoms with Crippen molar-refractivity contribution in [1.82, 2.24) is 4.98 Å². The third-order valence-corrected chi connectivity index (χ3v) is 4.39. The van der Waals surface area contributed by atoms with Gasteiger partial charge in [0.2, 0.25) is 0 Å². The monoisotopic (exact) mass is 461 g/mol. The number of ether oxygens (including phenoxy) is 1. The zero-order valence-electron chi connectivity index (χ0n) is 15.1. The van der Waals surface area contributed by atoms with E-state index in [1.165, 1.54) is 55.8 Å². The highest BCUT2D eigenvalue weighted by Gasteiger charge is 2.10. The van der Waals surface area contributed by atoms with Gasteiger partial charge in [-0.2, -0.15) is 0 Å². The summed E-state index contributed by atoms with van der Waals surface area (Å²) in [6.45, 7) is 0. The molecule has 2 aromatic carbocycles. The Balaban J connectivity index is 0.000000253. The van der Waals surface area contributed by atoms with Crippen molar-refractivity contribution in [2.75, 3.05) is 7.11 Å². The van der Waals surface area contributed by atoms with Crippen LogP contribution in [0.25, 0.3) is 11.1 Å². The van der Waals surface area contributed by atoms with E-state index >= 15 is 0 Å². The third kappa shape index (κ3) is 5.86. The average molecular weight is 462 g/mol. The molecule has 0 aliphatic heterocycles. The molecular weight excluding hydrogens is 448 g/mol. The maximum absolute atomic E-state index is 13.2. The summed E-state index contributed by atoms with van der Waals surface area (Å²) in [6, 6.07) is 10.8. The molecule has 0 amide bonds. The third-order valence-electron chi connectivity index (χ3n) is 3.70. The van der Waals surface area contributed by atoms with Crippen molar-refractivity contribution in [1.29, 1.82) is 0 Å². The molecule has 0 bridgehead atoms. The number of halogens is 3. The fourth-order valence-corrected chi connectivity index (χ4v) is 2.70. The fourth-order valence-electron chi connectivity index (χ4n) is 2.26. The molecule has 0 aliphatic rings. The maximum atomic E-state index is 13.2. The lowest BCUT2D eigenvalue weighted by molar-refractivity contribution is 0.0594. The number of hydrogen-bond donors (Lipinski definition) is 0. The van der Waals surface area contributed by atoms with E-state index in [1.807, 2.05) is 0 Å². The molecule has 0 unspecified atom stereocenters. The fraction of sp³-hybridized carbons (Fsp3) is 0.0476. The first-order valence-electron chi connectivity index (χ1n) is 8.09. The smallest absolute Gasteiger partial charge is 0.356 e. The van der Waals surface area contributed by atoms with Gasteiger partial charge in [-0.1, -0.05) is 6.07 Å². The SMILES string of the molecule is COC(=O)c1ccc(-c2cc(F)ccc2C=O)cn1.O=Cc1ccc(F)cc1Br. The first-order chi connectivity index (χ1) is 13.9. The van der Waals surface area contributed by atoms with E-state index in [0.717, 1.165) is 0 Å². The van der Waals surface area contributed by atoms with Crippen molar-refractivity contribution in [3.8, 4) is 11.1 Å². The van der Waals surface area contributed by atoms with Gasteiger partial charge in [0.05, 0.1) is 7.11 Å². The predicted octanol–water partition coefficient (Wildman–Crippen LogP) is 4.89. The highest BCUT2D eigenvalue weighted by Crippen LogP contribution is 2.23. The van der Waals surface area contributed by atoms with Crippen LogP contribution in [0, 0.1) is 11.6 Å². The summed E-state index contributed by atoms with van der Waals surface area (Å²) in [5.41, 5.74) is 1.94. The van der Waals surface area contributed by atoms with Gasteiger partial charge < -0.3 is 4.74 Å². The van der Waals surface area contributed by atoms with Crippen molar-refractivity contribution in [2.45, 2.75) is 0 Å². The van der Waals surface area contributed by atoms with Gasteiger partial charge >= 0.3 is 5.97 Å². The quantitative estimate of drug-likeness (QED) is 0.408. The summed E-state index contributed by atoms with van der Waals surface area (Å²) < 4.78 is 30.6. The van der Waals surface area contributed by atoms with Crippen LogP contribution >= 0.6 is 15.9 Å². The van der Waals surface area contributed by atoms with Crippen LogP contribution in [0.5, 0.6) is 0 Å². The molecule has 1 aromatic heterocycles. The molecule has 148 valence electrons. The molecule has 0 spiro atoms. The largest absolute Gasteiger partial charge is 0.464 e. The van der Waals surface area contributed by atoms with E-state index in [-0.39, 0.29) is 11.5 Å². The number of rotatable bonds is 4. The van der Waals surface area contributed by atoms with Crippen molar-refractivity contribution >= 4 is 34.5 Å². The van der Waals surface area contributed by atoms with Crippen LogP contribution in [0.15, 0.2) is 59.2 Å². The molecule has 0 atom stereocenters. The van der Waals surface area contributed by atoms with Gasteiger partial charge in [0.15, 0.2) is 12.6 Å². The number of benzene rings is 2. The van der Waals surface area contributed by atoms with Crippen LogP contribution in [0.4, 0.5) is 8.78 Å². The molecule has 8 heteroatoms. The lowest BCUT2D eigenvalue weighted by Crippen LogP contribution is -2.03. The topological polar surface area (TPSA) is 73.3 Å². The van der Waals surface area contributed by atoms with Crippen LogP contribution in [-0.2, 0) is 4.74 Å². The molecule has 5 nitrogen and oxygen atoms in total. The summed E-state index contributed by atoms with van der Waals surface area (Å²) in [6.07, 6.45) is 2.71. The summed E-state index contributed by atoms with van der Waals surface area (Å²) in [4.78, 5) is 36.3. The number of methoxy groups -OCH3 is 1. The minimum absolute atomic E-state index is 0.148. The first kappa shape index (κ1) is 22.0. The molecule has 3 aromatic rings. The van der Waals surface area contributed by atoms with E-state index in [0.29, 0.717) is 39.3 Å². The van der Waals surface area contributed by atoms with E-state index in [2.05, 4.69) is 25.7 Å². The second-order valence-corrected chi connectivity index (χ2v) is 6.41. The van der Waals surface area contributed by atoms with Crippen LogP contribution in [0.3, 0.4) is 0 Å². The number of aromatic nitrogens is 1. The van der Waals surface area contributed by atoms with Gasteiger partial charge in [-0.25, -0.2) is 18.6 Å². The summed E-state index contributed by atoms with van der Waals surface area (Å²) >= 11 is 3.04. The van der Waals surface area contributed by atoms with Gasteiger partial charge in [0, 0.05) is 27.4 Å². The Hall–Kier alpha value is -3.26. The average Bonchev–Trinajstić information content (AvgIpc) is 2.74. The Bertz CT molecular complexity index is 1040. The van der Waals surface area contributed by atoms with Crippen molar-refractivity contribution in [2.24, 2.45) is 0 Å². The van der Waals surface area contributed by atoms with Crippen LogP contribution < -0.4 is 0 Å². The van der Waals surface area contributed by atoms with Gasteiger partial charge in [0.1, 0.15) is 17.3 Å². The standard InChI is InChI=1S/C14H10FNO3.C7H4BrFO/c1-19-14(18)13-5-3-9(7-16-13)12-6-11(15)4-2-10(12)8-17;8-7-3-6(9)2-1-5(7)4-10/h2-8H,1H3;1-4H. The predicted molar refractivity (Wildman–Crippen MR) is 106 cm³/mol. The number of hydrogen-bond acceptors (Lipinski definition) is 5. The van der Waals surface area contributed by atoms with E-state index < -0.39 is 11.8 Å². The molecule has 0 N–H and O–H groups in total. The summed E-state index contributed by atoms with van der Waals surface area (Å²) in [5, 5.41) is 0. The highest BCUT2D eigenvalue weighted by molar-refractivity contribution is 9.10. The highest BCUT2D eigenvalue weighted by atomic mass is 79.9. The molecule has 1 heterocycles. The van der Waals surface area contributed by atoms with Crippen molar-refractivity contribution in [3.05, 3.63) is 87.7 Å². The second kappa shape index (κ2) is 10.3. The van der Waals surface area contributed by atoms with E-state index in [1.54, 1.807) is 6.07 Å². The van der Waals surface area contributed by atoms with Crippen LogP contribution in [0.1, 0.15) is 31.2 Å². The Labute approximate surface area is 173 Å². The van der Waals surface area contributed by atoms with Gasteiger partial charge in [0.25, 0.3) is 0 Å². The number of nitrogens with zero attached hydrogens (tertiary/aromatic N) is 1. The maximum Gasteiger partial charge on any atom is 0.356 e. The molecule has 29 heavy (non-hydrogen) atoms. The molecule has 0 saturated heterocycles. The van der Waals surface area contributed by atoms with Crippen LogP contribution in [-0.4, -0.2) is 30.6 Å². The number of aldehydes is 2. The van der Waals surface area contributed by atoms with Crippen molar-refractivity contribution in [3.63, 3.8) is 0 Å². The molecule has 0 radical (unpaired) electrons. The molecule has 0 saturated carbocycles. The first-order valence-corrected chi connectivity index (χ1v) is 8.88. The Morgan fingerprint density at radius 2 is 1.59 bits per heavy atom. The Morgan fingerprint density at radius 1 is 0.966 bits per heavy atom. The molecular formula is C21H14BrF2NO4. The number of carbonyl (C=O) groups excluding carboxylic acids is 3. The van der Waals surface area contributed by atoms with E-state index in [4.69, 9.17) is 0 Å². The van der Waals surface area contributed by atoms with Gasteiger partial charge in [-0.15, -0.1) is 0 Å². The van der Waals surface area contributed by atoms with E-state index in [9.17, 15) is 23.2 Å². The van der Waals surface area contributed by atoms with Crippen molar-refractivity contribution < 1.29 is 27.9 Å². The zero-order valence-corrected chi connectivity index (χ0v) is 16.7. The molecule has 0 aliphatic carbocycles. The molecule has 0 fully saturated rings. The number of carbonyl (C=O) groups is 3. The minimum atomic E-state index is -0.554. The number of pyridine rings is 1. The lowest BCUT2D eigenvalue weighted by Gasteiger charge is -2.05. The van der Waals surface area contributed by atoms with Gasteiger partial charge in [-0.05, 0) is 64.0 Å². The lowest BCUT2D eigenvalue weighted by atomic mass is 10.0. The zero-order chi connectivity index (χ0) is 21.4. The summed E-state index contributed by atoms with van der Waals surface area (Å²) in [5.74, 6) is -1.35. The Kier molecular flexibility index (Phi) is 7.85. The Morgan fingerprint density at radius 3 is 2.10 bits per heavy atom. The number of esters is 1. The van der Waals surface area contributed by atoms with Gasteiger partial charge in [-0.3, -0.25) is 9.59 Å². The minimum Gasteiger partial charge on any atom is -0.464 e. The normalized spacial score (nSPS) is 9.79.